The molecule has 0 fully saturated rings. The van der Waals surface area contributed by atoms with E-state index in [1.54, 1.807) is 43.5 Å². The molecule has 0 spiro atoms. The minimum atomic E-state index is -4.76. The SMILES string of the molecule is COCOc1ccc(-c2cc(-c3ccccc3)c(S(=O)(=O)[O-])c(-c3ccccc3)c2)cc1. The molecule has 0 unspecified atom stereocenters. The van der Waals surface area contributed by atoms with E-state index in [0.717, 1.165) is 11.1 Å². The summed E-state index contributed by atoms with van der Waals surface area (Å²) in [5.74, 6) is 0.654. The van der Waals surface area contributed by atoms with E-state index in [9.17, 15) is 13.0 Å². The van der Waals surface area contributed by atoms with Gasteiger partial charge >= 0.3 is 0 Å². The molecule has 0 radical (unpaired) electrons. The fourth-order valence-corrected chi connectivity index (χ4v) is 4.49. The van der Waals surface area contributed by atoms with Crippen LogP contribution in [0.2, 0.25) is 0 Å². The van der Waals surface area contributed by atoms with Crippen LogP contribution in [0.25, 0.3) is 33.4 Å². The van der Waals surface area contributed by atoms with Crippen molar-refractivity contribution in [2.45, 2.75) is 4.90 Å². The molecule has 0 atom stereocenters. The quantitative estimate of drug-likeness (QED) is 0.274. The van der Waals surface area contributed by atoms with Crippen LogP contribution in [0.1, 0.15) is 0 Å². The van der Waals surface area contributed by atoms with Crippen LogP contribution < -0.4 is 4.74 Å². The molecule has 5 nitrogen and oxygen atoms in total. The third-order valence-corrected chi connectivity index (χ3v) is 5.98. The molecule has 0 saturated heterocycles. The smallest absolute Gasteiger partial charge is 0.188 e. The summed E-state index contributed by atoms with van der Waals surface area (Å²) in [7, 11) is -3.21. The summed E-state index contributed by atoms with van der Waals surface area (Å²) in [5, 5.41) is 0. The highest BCUT2D eigenvalue weighted by Gasteiger charge is 2.19. The van der Waals surface area contributed by atoms with Crippen molar-refractivity contribution in [1.29, 1.82) is 0 Å². The van der Waals surface area contributed by atoms with Gasteiger partial charge in [-0.1, -0.05) is 72.8 Å². The molecule has 0 saturated carbocycles. The lowest BCUT2D eigenvalue weighted by molar-refractivity contribution is 0.0511. The van der Waals surface area contributed by atoms with E-state index >= 15 is 0 Å². The van der Waals surface area contributed by atoms with Gasteiger partial charge in [-0.3, -0.25) is 0 Å². The summed E-state index contributed by atoms with van der Waals surface area (Å²) in [5.41, 5.74) is 3.70. The van der Waals surface area contributed by atoms with Crippen molar-refractivity contribution in [2.75, 3.05) is 13.9 Å². The molecule has 162 valence electrons. The van der Waals surface area contributed by atoms with Gasteiger partial charge < -0.3 is 14.0 Å². The van der Waals surface area contributed by atoms with Gasteiger partial charge in [-0.25, -0.2) is 8.42 Å². The number of rotatable bonds is 7. The summed E-state index contributed by atoms with van der Waals surface area (Å²) >= 11 is 0. The molecule has 0 aliphatic rings. The van der Waals surface area contributed by atoms with E-state index in [1.165, 1.54) is 0 Å². The summed E-state index contributed by atoms with van der Waals surface area (Å²) in [4.78, 5) is -0.223. The van der Waals surface area contributed by atoms with E-state index in [4.69, 9.17) is 9.47 Å². The molecule has 0 aliphatic carbocycles. The first-order chi connectivity index (χ1) is 15.5. The second-order valence-electron chi connectivity index (χ2n) is 7.16. The van der Waals surface area contributed by atoms with Gasteiger partial charge in [0, 0.05) is 18.2 Å². The number of hydrogen-bond acceptors (Lipinski definition) is 5. The van der Waals surface area contributed by atoms with Gasteiger partial charge in [0.25, 0.3) is 0 Å². The van der Waals surface area contributed by atoms with Crippen LogP contribution >= 0.6 is 0 Å². The van der Waals surface area contributed by atoms with Gasteiger partial charge in [-0.15, -0.1) is 0 Å². The van der Waals surface area contributed by atoms with Crippen LogP contribution in [-0.2, 0) is 14.9 Å². The first-order valence-electron chi connectivity index (χ1n) is 9.94. The number of hydrogen-bond donors (Lipinski definition) is 0. The summed E-state index contributed by atoms with van der Waals surface area (Å²) in [6.45, 7) is 0.145. The van der Waals surface area contributed by atoms with Crippen LogP contribution in [0.3, 0.4) is 0 Å². The fourth-order valence-electron chi connectivity index (χ4n) is 3.60. The van der Waals surface area contributed by atoms with Crippen LogP contribution in [0, 0.1) is 0 Å². The summed E-state index contributed by atoms with van der Waals surface area (Å²) in [6, 6.07) is 29.0. The summed E-state index contributed by atoms with van der Waals surface area (Å²) < 4.78 is 47.7. The Morgan fingerprint density at radius 2 is 1.19 bits per heavy atom. The zero-order valence-corrected chi connectivity index (χ0v) is 18.2. The van der Waals surface area contributed by atoms with E-state index < -0.39 is 10.1 Å². The highest BCUT2D eigenvalue weighted by Crippen LogP contribution is 2.40. The van der Waals surface area contributed by atoms with Crippen LogP contribution in [-0.4, -0.2) is 26.9 Å². The van der Waals surface area contributed by atoms with E-state index in [-0.39, 0.29) is 11.7 Å². The zero-order chi connectivity index (χ0) is 22.6. The first-order valence-corrected chi connectivity index (χ1v) is 11.3. The van der Waals surface area contributed by atoms with Gasteiger partial charge in [-0.2, -0.15) is 0 Å². The minimum Gasteiger partial charge on any atom is -0.744 e. The second-order valence-corrected chi connectivity index (χ2v) is 8.48. The Morgan fingerprint density at radius 1 is 0.688 bits per heavy atom. The molecule has 4 aromatic rings. The van der Waals surface area contributed by atoms with Crippen molar-refractivity contribution in [2.24, 2.45) is 0 Å². The van der Waals surface area contributed by atoms with Crippen molar-refractivity contribution >= 4 is 10.1 Å². The Kier molecular flexibility index (Phi) is 6.37. The molecule has 0 N–H and O–H groups in total. The number of methoxy groups -OCH3 is 1. The average Bonchev–Trinajstić information content (AvgIpc) is 2.83. The Balaban J connectivity index is 1.96. The van der Waals surface area contributed by atoms with Crippen LogP contribution in [0.5, 0.6) is 5.75 Å². The number of ether oxygens (including phenoxy) is 2. The van der Waals surface area contributed by atoms with Crippen molar-refractivity contribution in [3.05, 3.63) is 97.1 Å². The van der Waals surface area contributed by atoms with Crippen molar-refractivity contribution in [3.63, 3.8) is 0 Å². The maximum atomic E-state index is 12.4. The topological polar surface area (TPSA) is 75.7 Å². The van der Waals surface area contributed by atoms with E-state index in [2.05, 4.69) is 0 Å². The lowest BCUT2D eigenvalue weighted by atomic mass is 9.93. The first kappa shape index (κ1) is 21.8. The van der Waals surface area contributed by atoms with E-state index in [1.807, 2.05) is 60.7 Å². The van der Waals surface area contributed by atoms with Crippen LogP contribution in [0.15, 0.2) is 102 Å². The lowest BCUT2D eigenvalue weighted by Crippen LogP contribution is -2.05. The molecule has 0 aromatic heterocycles. The molecule has 0 amide bonds. The Bertz CT molecular complexity index is 1240. The largest absolute Gasteiger partial charge is 0.744 e. The monoisotopic (exact) mass is 445 g/mol. The molecule has 4 aromatic carbocycles. The molecule has 0 heterocycles. The average molecular weight is 446 g/mol. The molecule has 6 heteroatoms. The van der Waals surface area contributed by atoms with Crippen molar-refractivity contribution in [1.82, 2.24) is 0 Å². The van der Waals surface area contributed by atoms with Crippen LogP contribution in [0.4, 0.5) is 0 Å². The standard InChI is InChI=1S/C26H22O5S/c1-30-18-31-23-14-12-19(13-15-23)22-16-24(20-8-4-2-5-9-20)26(32(27,28)29)25(17-22)21-10-6-3-7-11-21/h2-17H,18H2,1H3,(H,27,28,29)/p-1. The predicted octanol–water partition coefficient (Wildman–Crippen LogP) is 5.57. The molecular weight excluding hydrogens is 424 g/mol. The minimum absolute atomic E-state index is 0.145. The molecule has 4 rings (SSSR count). The summed E-state index contributed by atoms with van der Waals surface area (Å²) in [6.07, 6.45) is 0. The van der Waals surface area contributed by atoms with Crippen molar-refractivity contribution < 1.29 is 22.4 Å². The molecular formula is C26H21O5S-. The highest BCUT2D eigenvalue weighted by atomic mass is 32.2. The maximum absolute atomic E-state index is 12.4. The van der Waals surface area contributed by atoms with Gasteiger partial charge in [0.05, 0.1) is 4.90 Å². The predicted molar refractivity (Wildman–Crippen MR) is 123 cm³/mol. The molecule has 32 heavy (non-hydrogen) atoms. The maximum Gasteiger partial charge on any atom is 0.188 e. The molecule has 0 bridgehead atoms. The van der Waals surface area contributed by atoms with E-state index in [0.29, 0.717) is 28.0 Å². The Morgan fingerprint density at radius 3 is 1.62 bits per heavy atom. The molecule has 0 aliphatic heterocycles. The van der Waals surface area contributed by atoms with Gasteiger partial charge in [0.15, 0.2) is 6.79 Å². The Labute approximate surface area is 187 Å². The zero-order valence-electron chi connectivity index (χ0n) is 17.4. The van der Waals surface area contributed by atoms with Gasteiger partial charge in [-0.05, 0) is 46.5 Å². The second kappa shape index (κ2) is 9.36. The lowest BCUT2D eigenvalue weighted by Gasteiger charge is -2.20. The van der Waals surface area contributed by atoms with Crippen molar-refractivity contribution in [3.8, 4) is 39.1 Å². The van der Waals surface area contributed by atoms with Gasteiger partial charge in [0.1, 0.15) is 15.9 Å². The highest BCUT2D eigenvalue weighted by molar-refractivity contribution is 7.86. The number of benzene rings is 4. The fraction of sp³-hybridized carbons (Fsp3) is 0.0769. The normalized spacial score (nSPS) is 11.3. The van der Waals surface area contributed by atoms with Gasteiger partial charge in [0.2, 0.25) is 0 Å². The third-order valence-electron chi connectivity index (χ3n) is 5.04. The third kappa shape index (κ3) is 4.73. The Hall–Kier alpha value is -3.45.